The minimum absolute atomic E-state index is 0.0811. The van der Waals surface area contributed by atoms with Gasteiger partial charge in [0.15, 0.2) is 11.5 Å². The molecule has 0 aromatic heterocycles. The molecule has 2 aromatic carbocycles. The number of amides is 2. The molecule has 0 atom stereocenters. The summed E-state index contributed by atoms with van der Waals surface area (Å²) < 4.78 is 39.5. The van der Waals surface area contributed by atoms with E-state index in [-0.39, 0.29) is 18.3 Å². The lowest BCUT2D eigenvalue weighted by Crippen LogP contribution is -2.36. The van der Waals surface area contributed by atoms with Crippen molar-refractivity contribution in [2.24, 2.45) is 0 Å². The molecule has 1 aliphatic rings. The summed E-state index contributed by atoms with van der Waals surface area (Å²) >= 11 is 0. The molecule has 1 heterocycles. The van der Waals surface area contributed by atoms with Crippen LogP contribution in [-0.4, -0.2) is 32.4 Å². The molecule has 27 heavy (non-hydrogen) atoms. The summed E-state index contributed by atoms with van der Waals surface area (Å²) in [6, 6.07) is 11.5. The Labute approximate surface area is 155 Å². The summed E-state index contributed by atoms with van der Waals surface area (Å²) in [7, 11) is 0. The normalized spacial score (nSPS) is 12.6. The van der Waals surface area contributed by atoms with Crippen LogP contribution in [0.15, 0.2) is 42.5 Å². The third kappa shape index (κ3) is 5.73. The van der Waals surface area contributed by atoms with Crippen molar-refractivity contribution >= 4 is 6.03 Å². The predicted molar refractivity (Wildman–Crippen MR) is 94.4 cm³/mol. The summed E-state index contributed by atoms with van der Waals surface area (Å²) in [5.74, 6) is 1.54. The highest BCUT2D eigenvalue weighted by Crippen LogP contribution is 2.30. The number of halogens is 2. The average molecular weight is 378 g/mol. The molecule has 0 aliphatic carbocycles. The minimum Gasteiger partial charge on any atom is -0.486 e. The summed E-state index contributed by atoms with van der Waals surface area (Å²) in [6.07, 6.45) is 0.656. The van der Waals surface area contributed by atoms with Crippen molar-refractivity contribution in [2.75, 3.05) is 19.8 Å². The zero-order chi connectivity index (χ0) is 19.1. The van der Waals surface area contributed by atoms with E-state index >= 15 is 0 Å². The standard InChI is InChI=1S/C19H20F2N2O4/c20-18(21)27-15-4-1-14(2-5-15)12-23-19(24)22-8-7-13-3-6-16-17(11-13)26-10-9-25-16/h1-6,11,18H,7-10,12H2,(H2,22,23,24). The first-order valence-electron chi connectivity index (χ1n) is 8.54. The second-order valence-electron chi connectivity index (χ2n) is 5.86. The van der Waals surface area contributed by atoms with Gasteiger partial charge in [-0.1, -0.05) is 18.2 Å². The molecule has 0 bridgehead atoms. The quantitative estimate of drug-likeness (QED) is 0.777. The van der Waals surface area contributed by atoms with E-state index in [0.29, 0.717) is 26.2 Å². The van der Waals surface area contributed by atoms with Gasteiger partial charge >= 0.3 is 12.6 Å². The van der Waals surface area contributed by atoms with Gasteiger partial charge in [0.1, 0.15) is 19.0 Å². The van der Waals surface area contributed by atoms with E-state index in [1.807, 2.05) is 18.2 Å². The second-order valence-corrected chi connectivity index (χ2v) is 5.86. The Hall–Kier alpha value is -3.03. The van der Waals surface area contributed by atoms with E-state index in [1.165, 1.54) is 12.1 Å². The molecular formula is C19H20F2N2O4. The Morgan fingerprint density at radius 3 is 2.44 bits per heavy atom. The first kappa shape index (κ1) is 18.8. The third-order valence-corrected chi connectivity index (χ3v) is 3.91. The monoisotopic (exact) mass is 378 g/mol. The number of urea groups is 1. The number of hydrogen-bond acceptors (Lipinski definition) is 4. The lowest BCUT2D eigenvalue weighted by Gasteiger charge is -2.18. The van der Waals surface area contributed by atoms with E-state index < -0.39 is 6.61 Å². The number of carbonyl (C=O) groups is 1. The summed E-state index contributed by atoms with van der Waals surface area (Å²) in [5.41, 5.74) is 1.81. The highest BCUT2D eigenvalue weighted by atomic mass is 19.3. The summed E-state index contributed by atoms with van der Waals surface area (Å²) in [5, 5.41) is 5.48. The van der Waals surface area contributed by atoms with Crippen LogP contribution >= 0.6 is 0 Å². The molecule has 0 saturated carbocycles. The predicted octanol–water partition coefficient (Wildman–Crippen LogP) is 3.10. The molecule has 0 saturated heterocycles. The average Bonchev–Trinajstić information content (AvgIpc) is 2.67. The Bertz CT molecular complexity index is 769. The van der Waals surface area contributed by atoms with Gasteiger partial charge in [-0.25, -0.2) is 4.79 Å². The fourth-order valence-corrected chi connectivity index (χ4v) is 2.60. The van der Waals surface area contributed by atoms with Crippen molar-refractivity contribution in [1.29, 1.82) is 0 Å². The number of nitrogens with one attached hydrogen (secondary N) is 2. The Morgan fingerprint density at radius 2 is 1.70 bits per heavy atom. The van der Waals surface area contributed by atoms with Crippen LogP contribution in [0.4, 0.5) is 13.6 Å². The maximum Gasteiger partial charge on any atom is 0.387 e. The van der Waals surface area contributed by atoms with Crippen molar-refractivity contribution in [3.8, 4) is 17.2 Å². The number of benzene rings is 2. The molecule has 8 heteroatoms. The molecule has 2 aromatic rings. The molecule has 6 nitrogen and oxygen atoms in total. The van der Waals surface area contributed by atoms with Crippen LogP contribution in [0.5, 0.6) is 17.2 Å². The van der Waals surface area contributed by atoms with E-state index in [9.17, 15) is 13.6 Å². The van der Waals surface area contributed by atoms with Crippen LogP contribution in [-0.2, 0) is 13.0 Å². The van der Waals surface area contributed by atoms with Crippen molar-refractivity contribution in [3.05, 3.63) is 53.6 Å². The zero-order valence-electron chi connectivity index (χ0n) is 14.5. The second kappa shape index (κ2) is 9.07. The van der Waals surface area contributed by atoms with Crippen LogP contribution in [0, 0.1) is 0 Å². The van der Waals surface area contributed by atoms with Crippen molar-refractivity contribution in [1.82, 2.24) is 10.6 Å². The maximum absolute atomic E-state index is 12.1. The van der Waals surface area contributed by atoms with Gasteiger partial charge in [0.2, 0.25) is 0 Å². The fraction of sp³-hybridized carbons (Fsp3) is 0.316. The minimum atomic E-state index is -2.85. The largest absolute Gasteiger partial charge is 0.486 e. The number of rotatable bonds is 7. The SMILES string of the molecule is O=C(NCCc1ccc2c(c1)OCCO2)NCc1ccc(OC(F)F)cc1. The van der Waals surface area contributed by atoms with Gasteiger partial charge in [-0.3, -0.25) is 0 Å². The number of ether oxygens (including phenoxy) is 3. The van der Waals surface area contributed by atoms with Gasteiger partial charge in [0, 0.05) is 13.1 Å². The Kier molecular flexibility index (Phi) is 6.30. The molecule has 0 unspecified atom stereocenters. The van der Waals surface area contributed by atoms with Crippen LogP contribution in [0.25, 0.3) is 0 Å². The van der Waals surface area contributed by atoms with Gasteiger partial charge in [0.05, 0.1) is 0 Å². The molecule has 3 rings (SSSR count). The van der Waals surface area contributed by atoms with Gasteiger partial charge in [-0.15, -0.1) is 0 Å². The highest BCUT2D eigenvalue weighted by Gasteiger charge is 2.11. The lowest BCUT2D eigenvalue weighted by atomic mass is 10.1. The van der Waals surface area contributed by atoms with Crippen molar-refractivity contribution in [2.45, 2.75) is 19.6 Å². The Morgan fingerprint density at radius 1 is 1.00 bits per heavy atom. The first-order chi connectivity index (χ1) is 13.1. The number of fused-ring (bicyclic) bond motifs is 1. The number of hydrogen-bond donors (Lipinski definition) is 2. The lowest BCUT2D eigenvalue weighted by molar-refractivity contribution is -0.0498. The van der Waals surface area contributed by atoms with Crippen LogP contribution in [0.2, 0.25) is 0 Å². The molecular weight excluding hydrogens is 358 g/mol. The first-order valence-corrected chi connectivity index (χ1v) is 8.54. The number of carbonyl (C=O) groups excluding carboxylic acids is 1. The Balaban J connectivity index is 1.38. The van der Waals surface area contributed by atoms with E-state index in [2.05, 4.69) is 15.4 Å². The molecule has 1 aliphatic heterocycles. The molecule has 0 spiro atoms. The van der Waals surface area contributed by atoms with E-state index in [1.54, 1.807) is 12.1 Å². The van der Waals surface area contributed by atoms with Crippen LogP contribution in [0.1, 0.15) is 11.1 Å². The van der Waals surface area contributed by atoms with Gasteiger partial charge in [-0.05, 0) is 41.8 Å². The summed E-state index contributed by atoms with van der Waals surface area (Å²) in [4.78, 5) is 11.9. The molecule has 144 valence electrons. The molecule has 2 amide bonds. The third-order valence-electron chi connectivity index (χ3n) is 3.91. The number of alkyl halides is 2. The van der Waals surface area contributed by atoms with E-state index in [4.69, 9.17) is 9.47 Å². The van der Waals surface area contributed by atoms with Gasteiger partial charge < -0.3 is 24.8 Å². The molecule has 0 fully saturated rings. The highest BCUT2D eigenvalue weighted by molar-refractivity contribution is 5.73. The van der Waals surface area contributed by atoms with Crippen molar-refractivity contribution < 1.29 is 27.8 Å². The maximum atomic E-state index is 12.1. The van der Waals surface area contributed by atoms with Crippen LogP contribution in [0.3, 0.4) is 0 Å². The summed E-state index contributed by atoms with van der Waals surface area (Å²) in [6.45, 7) is -1.02. The van der Waals surface area contributed by atoms with Crippen molar-refractivity contribution in [3.63, 3.8) is 0 Å². The molecule has 0 radical (unpaired) electrons. The van der Waals surface area contributed by atoms with E-state index in [0.717, 1.165) is 22.6 Å². The topological polar surface area (TPSA) is 68.8 Å². The fourth-order valence-electron chi connectivity index (χ4n) is 2.60. The zero-order valence-corrected chi connectivity index (χ0v) is 14.5. The van der Waals surface area contributed by atoms with Crippen LogP contribution < -0.4 is 24.8 Å². The van der Waals surface area contributed by atoms with Gasteiger partial charge in [0.25, 0.3) is 0 Å². The molecule has 2 N–H and O–H groups in total. The van der Waals surface area contributed by atoms with Gasteiger partial charge in [-0.2, -0.15) is 8.78 Å². The smallest absolute Gasteiger partial charge is 0.387 e.